The van der Waals surface area contributed by atoms with E-state index in [1.807, 2.05) is 18.7 Å². The van der Waals surface area contributed by atoms with E-state index in [-0.39, 0.29) is 18.2 Å². The van der Waals surface area contributed by atoms with Crippen molar-refractivity contribution in [2.75, 3.05) is 24.6 Å². The average Bonchev–Trinajstić information content (AvgIpc) is 2.86. The smallest absolute Gasteiger partial charge is 0.356 e. The molecule has 0 saturated carbocycles. The van der Waals surface area contributed by atoms with Crippen LogP contribution in [-0.4, -0.2) is 45.8 Å². The molecule has 2 heterocycles. The highest BCUT2D eigenvalue weighted by Gasteiger charge is 2.27. The summed E-state index contributed by atoms with van der Waals surface area (Å²) in [6.07, 6.45) is 3.34. The highest BCUT2D eigenvalue weighted by Crippen LogP contribution is 2.28. The predicted octanol–water partition coefficient (Wildman–Crippen LogP) is 1.51. The molecule has 1 aliphatic rings. The topological polar surface area (TPSA) is 86.5 Å². The monoisotopic (exact) mass is 279 g/mol. The van der Waals surface area contributed by atoms with Gasteiger partial charge < -0.3 is 15.1 Å². The normalized spacial score (nSPS) is 18.8. The van der Waals surface area contributed by atoms with Crippen LogP contribution >= 0.6 is 0 Å². The number of rotatable bonds is 5. The quantitative estimate of drug-likeness (QED) is 0.849. The van der Waals surface area contributed by atoms with Gasteiger partial charge in [0, 0.05) is 25.6 Å². The third-order valence-electron chi connectivity index (χ3n) is 3.67. The van der Waals surface area contributed by atoms with Crippen molar-refractivity contribution in [1.82, 2.24) is 9.97 Å². The highest BCUT2D eigenvalue weighted by molar-refractivity contribution is 5.92. The summed E-state index contributed by atoms with van der Waals surface area (Å²) in [4.78, 5) is 21.9. The molecule has 0 bridgehead atoms. The van der Waals surface area contributed by atoms with Crippen molar-refractivity contribution in [1.29, 1.82) is 0 Å². The Morgan fingerprint density at radius 3 is 2.90 bits per heavy atom. The van der Waals surface area contributed by atoms with Gasteiger partial charge in [-0.2, -0.15) is 0 Å². The Morgan fingerprint density at radius 1 is 1.55 bits per heavy atom. The first-order valence-corrected chi connectivity index (χ1v) is 6.99. The van der Waals surface area contributed by atoms with Crippen LogP contribution in [0.25, 0.3) is 0 Å². The van der Waals surface area contributed by atoms with Gasteiger partial charge in [-0.3, -0.25) is 0 Å². The lowest BCUT2D eigenvalue weighted by Crippen LogP contribution is -2.24. The number of hydrogen-bond acceptors (Lipinski definition) is 5. The lowest BCUT2D eigenvalue weighted by molar-refractivity contribution is 0.0690. The molecule has 0 aromatic carbocycles. The summed E-state index contributed by atoms with van der Waals surface area (Å²) < 4.78 is 0. The van der Waals surface area contributed by atoms with Crippen LogP contribution in [-0.2, 0) is 0 Å². The van der Waals surface area contributed by atoms with E-state index in [1.54, 1.807) is 6.20 Å². The van der Waals surface area contributed by atoms with Crippen molar-refractivity contribution < 1.29 is 15.0 Å². The summed E-state index contributed by atoms with van der Waals surface area (Å²) in [5.41, 5.74) is 0.663. The first-order valence-electron chi connectivity index (χ1n) is 6.99. The molecule has 2 N–H and O–H groups in total. The maximum Gasteiger partial charge on any atom is 0.356 e. The van der Waals surface area contributed by atoms with Crippen molar-refractivity contribution in [3.63, 3.8) is 0 Å². The first-order chi connectivity index (χ1) is 9.52. The molecule has 20 heavy (non-hydrogen) atoms. The maximum absolute atomic E-state index is 11.4. The number of carboxylic acid groups (broad SMARTS) is 1. The fourth-order valence-corrected chi connectivity index (χ4v) is 2.53. The largest absolute Gasteiger partial charge is 0.476 e. The van der Waals surface area contributed by atoms with Crippen molar-refractivity contribution >= 4 is 11.7 Å². The van der Waals surface area contributed by atoms with Crippen LogP contribution in [0, 0.1) is 5.92 Å². The summed E-state index contributed by atoms with van der Waals surface area (Å²) >= 11 is 0. The fraction of sp³-hybridized carbons (Fsp3) is 0.643. The van der Waals surface area contributed by atoms with Crippen molar-refractivity contribution in [3.8, 4) is 0 Å². The summed E-state index contributed by atoms with van der Waals surface area (Å²) in [6.45, 7) is 5.59. The lowest BCUT2D eigenvalue weighted by Gasteiger charge is -2.20. The van der Waals surface area contributed by atoms with Crippen molar-refractivity contribution in [3.05, 3.63) is 17.7 Å². The summed E-state index contributed by atoms with van der Waals surface area (Å²) in [7, 11) is 0. The summed E-state index contributed by atoms with van der Waals surface area (Å²) in [6, 6.07) is 0. The van der Waals surface area contributed by atoms with Gasteiger partial charge in [0.25, 0.3) is 0 Å². The molecule has 0 radical (unpaired) electrons. The van der Waals surface area contributed by atoms with Crippen molar-refractivity contribution in [2.45, 2.75) is 32.6 Å². The number of carbonyl (C=O) groups is 1. The van der Waals surface area contributed by atoms with Gasteiger partial charge in [-0.1, -0.05) is 13.8 Å². The standard InChI is InChI=1S/C14H21N3O3/c1-9(2)13-15-7-11(12(16-13)14(19)20)17-5-3-10(8-17)4-6-18/h7,9-10,18H,3-6,8H2,1-2H3,(H,19,20). The molecule has 1 aromatic rings. The summed E-state index contributed by atoms with van der Waals surface area (Å²) in [5.74, 6) is 0.0430. The Labute approximate surface area is 118 Å². The number of aliphatic hydroxyl groups is 1. The zero-order valence-electron chi connectivity index (χ0n) is 11.9. The molecule has 1 saturated heterocycles. The highest BCUT2D eigenvalue weighted by atomic mass is 16.4. The van der Waals surface area contributed by atoms with Gasteiger partial charge in [-0.15, -0.1) is 0 Å². The zero-order chi connectivity index (χ0) is 14.7. The van der Waals surface area contributed by atoms with Gasteiger partial charge in [0.15, 0.2) is 5.69 Å². The maximum atomic E-state index is 11.4. The minimum atomic E-state index is -1.02. The van der Waals surface area contributed by atoms with E-state index < -0.39 is 5.97 Å². The van der Waals surface area contributed by atoms with E-state index >= 15 is 0 Å². The second-order valence-electron chi connectivity index (χ2n) is 5.53. The number of anilines is 1. The Balaban J connectivity index is 2.25. The van der Waals surface area contributed by atoms with Gasteiger partial charge >= 0.3 is 5.97 Å². The minimum absolute atomic E-state index is 0.0772. The Morgan fingerprint density at radius 2 is 2.30 bits per heavy atom. The lowest BCUT2D eigenvalue weighted by atomic mass is 10.1. The van der Waals surface area contributed by atoms with Crippen LogP contribution in [0.4, 0.5) is 5.69 Å². The molecule has 6 heteroatoms. The molecule has 1 unspecified atom stereocenters. The molecule has 2 rings (SSSR count). The number of aromatic nitrogens is 2. The van der Waals surface area contributed by atoms with Crippen molar-refractivity contribution in [2.24, 2.45) is 5.92 Å². The van der Waals surface area contributed by atoms with E-state index in [0.717, 1.165) is 25.9 Å². The second-order valence-corrected chi connectivity index (χ2v) is 5.53. The molecule has 6 nitrogen and oxygen atoms in total. The predicted molar refractivity (Wildman–Crippen MR) is 75.1 cm³/mol. The minimum Gasteiger partial charge on any atom is -0.476 e. The molecule has 0 amide bonds. The number of aromatic carboxylic acids is 1. The third kappa shape index (κ3) is 3.07. The van der Waals surface area contributed by atoms with E-state index in [4.69, 9.17) is 5.11 Å². The summed E-state index contributed by atoms with van der Waals surface area (Å²) in [5, 5.41) is 18.3. The Hall–Kier alpha value is -1.69. The van der Waals surface area contributed by atoms with Gasteiger partial charge in [0.2, 0.25) is 0 Å². The van der Waals surface area contributed by atoms with Crippen LogP contribution in [0.1, 0.15) is 48.9 Å². The van der Waals surface area contributed by atoms with Crippen LogP contribution in [0.15, 0.2) is 6.20 Å². The van der Waals surface area contributed by atoms with Gasteiger partial charge in [-0.05, 0) is 18.8 Å². The molecule has 0 aliphatic carbocycles. The molecule has 1 aromatic heterocycles. The molecule has 1 atom stereocenters. The number of nitrogens with zero attached hydrogens (tertiary/aromatic N) is 3. The average molecular weight is 279 g/mol. The molecule has 110 valence electrons. The van der Waals surface area contributed by atoms with E-state index in [9.17, 15) is 9.90 Å². The molecular formula is C14H21N3O3. The van der Waals surface area contributed by atoms with Gasteiger partial charge in [0.1, 0.15) is 5.82 Å². The Bertz CT molecular complexity index is 491. The number of carboxylic acids is 1. The van der Waals surface area contributed by atoms with Gasteiger partial charge in [0.05, 0.1) is 11.9 Å². The number of aliphatic hydroxyl groups excluding tert-OH is 1. The molecule has 1 aliphatic heterocycles. The molecule has 0 spiro atoms. The first kappa shape index (κ1) is 14.7. The van der Waals surface area contributed by atoms with Crippen LogP contribution in [0.3, 0.4) is 0 Å². The van der Waals surface area contributed by atoms with Crippen LogP contribution in [0.2, 0.25) is 0 Å². The van der Waals surface area contributed by atoms with Gasteiger partial charge in [-0.25, -0.2) is 14.8 Å². The van der Waals surface area contributed by atoms with E-state index in [2.05, 4.69) is 9.97 Å². The van der Waals surface area contributed by atoms with Crippen LogP contribution in [0.5, 0.6) is 0 Å². The van der Waals surface area contributed by atoms with Crippen LogP contribution < -0.4 is 4.90 Å². The fourth-order valence-electron chi connectivity index (χ4n) is 2.53. The molecular weight excluding hydrogens is 258 g/mol. The molecule has 1 fully saturated rings. The van der Waals surface area contributed by atoms with E-state index in [1.165, 1.54) is 0 Å². The SMILES string of the molecule is CC(C)c1ncc(N2CCC(CCO)C2)c(C(=O)O)n1. The zero-order valence-corrected chi connectivity index (χ0v) is 11.9. The number of hydrogen-bond donors (Lipinski definition) is 2. The third-order valence-corrected chi connectivity index (χ3v) is 3.67. The second kappa shape index (κ2) is 6.17. The van der Waals surface area contributed by atoms with E-state index in [0.29, 0.717) is 17.4 Å². The Kier molecular flexibility index (Phi) is 4.54.